The molecule has 1 N–H and O–H groups in total. The molecule has 1 aliphatic rings. The van der Waals surface area contributed by atoms with Crippen molar-refractivity contribution in [3.8, 4) is 0 Å². The molecule has 0 saturated carbocycles. The summed E-state index contributed by atoms with van der Waals surface area (Å²) in [5, 5.41) is 3.01. The fourth-order valence-corrected chi connectivity index (χ4v) is 4.66. The first-order valence-electron chi connectivity index (χ1n) is 8.97. The van der Waals surface area contributed by atoms with E-state index in [1.165, 1.54) is 31.1 Å². The molecule has 1 aliphatic carbocycles. The molecule has 1 aromatic heterocycles. The lowest BCUT2D eigenvalue weighted by Crippen LogP contribution is -2.41. The van der Waals surface area contributed by atoms with Crippen LogP contribution in [0.4, 0.5) is 0 Å². The molecular weight excluding hydrogens is 362 g/mol. The predicted octanol–water partition coefficient (Wildman–Crippen LogP) is 2.63. The minimum absolute atomic E-state index is 0.0677. The summed E-state index contributed by atoms with van der Waals surface area (Å²) in [5.41, 5.74) is 2.41. The van der Waals surface area contributed by atoms with Gasteiger partial charge in [0.25, 0.3) is 0 Å². The monoisotopic (exact) mass is 387 g/mol. The Kier molecular flexibility index (Phi) is 5.35. The van der Waals surface area contributed by atoms with Gasteiger partial charge >= 0.3 is 0 Å². The highest BCUT2D eigenvalue weighted by Crippen LogP contribution is 2.41. The maximum Gasteiger partial charge on any atom is 0.244 e. The van der Waals surface area contributed by atoms with Crippen LogP contribution in [-0.2, 0) is 20.2 Å². The predicted molar refractivity (Wildman–Crippen MR) is 104 cm³/mol. The average molecular weight is 388 g/mol. The van der Waals surface area contributed by atoms with Crippen LogP contribution in [-0.4, -0.2) is 37.2 Å². The molecule has 0 radical (unpaired) electrons. The van der Waals surface area contributed by atoms with E-state index in [0.717, 1.165) is 22.7 Å². The van der Waals surface area contributed by atoms with Crippen molar-refractivity contribution in [1.82, 2.24) is 14.6 Å². The summed E-state index contributed by atoms with van der Waals surface area (Å²) in [4.78, 5) is 16.5. The topological polar surface area (TPSA) is 79.4 Å². The first-order chi connectivity index (χ1) is 12.7. The highest BCUT2D eigenvalue weighted by molar-refractivity contribution is 7.89. The van der Waals surface area contributed by atoms with Gasteiger partial charge in [-0.2, -0.15) is 4.31 Å². The first kappa shape index (κ1) is 19.5. The van der Waals surface area contributed by atoms with Crippen LogP contribution in [0.25, 0.3) is 0 Å². The SMILES string of the molecule is CN(CC(=O)NC1CCC(C)(C)c2ccccc21)S(=O)(=O)c1cccnc1. The molecule has 27 heavy (non-hydrogen) atoms. The second-order valence-electron chi connectivity index (χ2n) is 7.58. The fraction of sp³-hybridized carbons (Fsp3) is 0.400. The molecule has 6 nitrogen and oxygen atoms in total. The van der Waals surface area contributed by atoms with E-state index in [2.05, 4.69) is 30.2 Å². The van der Waals surface area contributed by atoms with Gasteiger partial charge in [0.15, 0.2) is 0 Å². The van der Waals surface area contributed by atoms with Crippen LogP contribution in [0.5, 0.6) is 0 Å². The maximum absolute atomic E-state index is 12.5. The third-order valence-corrected chi connectivity index (χ3v) is 6.95. The molecule has 0 saturated heterocycles. The Bertz CT molecular complexity index is 926. The van der Waals surface area contributed by atoms with Gasteiger partial charge in [-0.1, -0.05) is 38.1 Å². The standard InChI is InChI=1S/C20H25N3O3S/c1-20(2)11-10-18(16-8-4-5-9-17(16)20)22-19(24)14-23(3)27(25,26)15-7-6-12-21-13-15/h4-9,12-13,18H,10-11,14H2,1-3H3,(H,22,24). The van der Waals surface area contributed by atoms with Gasteiger partial charge in [-0.15, -0.1) is 0 Å². The van der Waals surface area contributed by atoms with Crippen molar-refractivity contribution in [2.45, 2.75) is 43.0 Å². The minimum Gasteiger partial charge on any atom is -0.348 e. The quantitative estimate of drug-likeness (QED) is 0.855. The van der Waals surface area contributed by atoms with Gasteiger partial charge in [-0.3, -0.25) is 9.78 Å². The van der Waals surface area contributed by atoms with Gasteiger partial charge < -0.3 is 5.32 Å². The summed E-state index contributed by atoms with van der Waals surface area (Å²) in [5.74, 6) is -0.315. The number of nitrogens with one attached hydrogen (secondary N) is 1. The molecule has 1 heterocycles. The largest absolute Gasteiger partial charge is 0.348 e. The van der Waals surface area contributed by atoms with Crippen molar-refractivity contribution in [2.75, 3.05) is 13.6 Å². The van der Waals surface area contributed by atoms with Gasteiger partial charge in [0.1, 0.15) is 4.90 Å². The Morgan fingerprint density at radius 2 is 2.00 bits per heavy atom. The molecule has 3 rings (SSSR count). The lowest BCUT2D eigenvalue weighted by atomic mass is 9.71. The number of carbonyl (C=O) groups excluding carboxylic acids is 1. The van der Waals surface area contributed by atoms with Crippen molar-refractivity contribution in [3.63, 3.8) is 0 Å². The van der Waals surface area contributed by atoms with Crippen LogP contribution >= 0.6 is 0 Å². The number of hydrogen-bond acceptors (Lipinski definition) is 4. The van der Waals surface area contributed by atoms with Crippen LogP contribution in [0.15, 0.2) is 53.7 Å². The van der Waals surface area contributed by atoms with Crippen molar-refractivity contribution >= 4 is 15.9 Å². The fourth-order valence-electron chi connectivity index (χ4n) is 3.57. The van der Waals surface area contributed by atoms with Crippen molar-refractivity contribution in [3.05, 3.63) is 59.9 Å². The highest BCUT2D eigenvalue weighted by atomic mass is 32.2. The van der Waals surface area contributed by atoms with E-state index in [0.29, 0.717) is 0 Å². The van der Waals surface area contributed by atoms with Crippen LogP contribution in [0, 0.1) is 0 Å². The number of nitrogens with zero attached hydrogens (tertiary/aromatic N) is 2. The van der Waals surface area contributed by atoms with Crippen LogP contribution in [0.2, 0.25) is 0 Å². The molecule has 0 aliphatic heterocycles. The Morgan fingerprint density at radius 3 is 2.70 bits per heavy atom. The molecule has 0 bridgehead atoms. The summed E-state index contributed by atoms with van der Waals surface area (Å²) >= 11 is 0. The number of pyridine rings is 1. The summed E-state index contributed by atoms with van der Waals surface area (Å²) < 4.78 is 26.2. The molecule has 1 amide bonds. The highest BCUT2D eigenvalue weighted by Gasteiger charge is 2.33. The Hall–Kier alpha value is -2.25. The van der Waals surface area contributed by atoms with Crippen molar-refractivity contribution in [1.29, 1.82) is 0 Å². The molecule has 144 valence electrons. The van der Waals surface area contributed by atoms with E-state index in [1.807, 2.05) is 18.2 Å². The summed E-state index contributed by atoms with van der Waals surface area (Å²) in [6.07, 6.45) is 4.57. The molecule has 1 atom stereocenters. The van der Waals surface area contributed by atoms with Crippen molar-refractivity contribution in [2.24, 2.45) is 0 Å². The van der Waals surface area contributed by atoms with Gasteiger partial charge in [-0.05, 0) is 41.5 Å². The zero-order chi connectivity index (χ0) is 19.7. The van der Waals surface area contributed by atoms with Crippen molar-refractivity contribution < 1.29 is 13.2 Å². The summed E-state index contributed by atoms with van der Waals surface area (Å²) in [6, 6.07) is 11.1. The maximum atomic E-state index is 12.5. The van der Waals surface area contributed by atoms with Gasteiger partial charge in [0.05, 0.1) is 12.6 Å². The zero-order valence-corrected chi connectivity index (χ0v) is 16.7. The average Bonchev–Trinajstić information content (AvgIpc) is 2.65. The van der Waals surface area contributed by atoms with Gasteiger partial charge in [0.2, 0.25) is 15.9 Å². The van der Waals surface area contributed by atoms with Gasteiger partial charge in [-0.25, -0.2) is 8.42 Å². The number of carbonyl (C=O) groups is 1. The number of amides is 1. The van der Waals surface area contributed by atoms with Crippen LogP contribution in [0.1, 0.15) is 43.9 Å². The number of hydrogen-bond donors (Lipinski definition) is 1. The third-order valence-electron chi connectivity index (χ3n) is 5.17. The number of aromatic nitrogens is 1. The normalized spacial score (nSPS) is 18.7. The molecule has 2 aromatic rings. The number of fused-ring (bicyclic) bond motifs is 1. The van der Waals surface area contributed by atoms with E-state index in [4.69, 9.17) is 0 Å². The summed E-state index contributed by atoms with van der Waals surface area (Å²) in [7, 11) is -2.34. The second-order valence-corrected chi connectivity index (χ2v) is 9.62. The molecule has 1 unspecified atom stereocenters. The molecular formula is C20H25N3O3S. The lowest BCUT2D eigenvalue weighted by Gasteiger charge is -2.37. The van der Waals surface area contributed by atoms with Crippen LogP contribution in [0.3, 0.4) is 0 Å². The zero-order valence-electron chi connectivity index (χ0n) is 15.8. The van der Waals surface area contributed by atoms with E-state index in [9.17, 15) is 13.2 Å². The smallest absolute Gasteiger partial charge is 0.244 e. The summed E-state index contributed by atoms with van der Waals surface area (Å²) in [6.45, 7) is 4.18. The Morgan fingerprint density at radius 1 is 1.26 bits per heavy atom. The van der Waals surface area contributed by atoms with E-state index >= 15 is 0 Å². The molecule has 0 spiro atoms. The molecule has 0 fully saturated rings. The van der Waals surface area contributed by atoms with Gasteiger partial charge in [0, 0.05) is 19.4 Å². The Labute approximate surface area is 160 Å². The van der Waals surface area contributed by atoms with E-state index in [1.54, 1.807) is 6.07 Å². The third kappa shape index (κ3) is 4.04. The first-order valence-corrected chi connectivity index (χ1v) is 10.4. The molecule has 1 aromatic carbocycles. The second kappa shape index (κ2) is 7.40. The number of likely N-dealkylation sites (N-methyl/N-ethyl adjacent to an activating group) is 1. The number of rotatable bonds is 5. The number of benzene rings is 1. The molecule has 7 heteroatoms. The Balaban J connectivity index is 1.72. The minimum atomic E-state index is -3.74. The van der Waals surface area contributed by atoms with E-state index in [-0.39, 0.29) is 28.8 Å². The van der Waals surface area contributed by atoms with E-state index < -0.39 is 10.0 Å². The van der Waals surface area contributed by atoms with Crippen LogP contribution < -0.4 is 5.32 Å². The lowest BCUT2D eigenvalue weighted by molar-refractivity contribution is -0.122. The number of sulfonamides is 1.